The molecule has 0 N–H and O–H groups in total. The van der Waals surface area contributed by atoms with Crippen LogP contribution < -0.4 is 0 Å². The second kappa shape index (κ2) is 3.53. The molecule has 13 heavy (non-hydrogen) atoms. The first kappa shape index (κ1) is 9.66. The molecule has 0 saturated carbocycles. The summed E-state index contributed by atoms with van der Waals surface area (Å²) < 4.78 is 36.2. The zero-order valence-electron chi connectivity index (χ0n) is 6.73. The van der Waals surface area contributed by atoms with Crippen LogP contribution in [-0.4, -0.2) is 0 Å². The van der Waals surface area contributed by atoms with Gasteiger partial charge < -0.3 is 0 Å². The minimum Gasteiger partial charge on any atom is -0.166 e. The van der Waals surface area contributed by atoms with E-state index in [4.69, 9.17) is 6.42 Å². The van der Waals surface area contributed by atoms with Crippen molar-refractivity contribution in [3.63, 3.8) is 0 Å². The third-order valence-electron chi connectivity index (χ3n) is 1.59. The molecule has 0 atom stereocenters. The van der Waals surface area contributed by atoms with E-state index >= 15 is 0 Å². The Morgan fingerprint density at radius 1 is 1.15 bits per heavy atom. The van der Waals surface area contributed by atoms with Crippen molar-refractivity contribution in [2.24, 2.45) is 0 Å². The smallest absolute Gasteiger partial charge is 0.166 e. The Morgan fingerprint density at radius 3 is 2.08 bits per heavy atom. The van der Waals surface area contributed by atoms with Crippen LogP contribution in [0.25, 0.3) is 0 Å². The summed E-state index contributed by atoms with van der Waals surface area (Å²) in [6.07, 6.45) is 1.10. The molecule has 0 aliphatic rings. The fourth-order valence-electron chi connectivity index (χ4n) is 0.929. The van der Waals surface area contributed by atoms with Crippen molar-refractivity contribution < 1.29 is 13.2 Å². The first-order valence-corrected chi connectivity index (χ1v) is 3.63. The normalized spacial score (nSPS) is 10.9. The van der Waals surface area contributed by atoms with Gasteiger partial charge in [0.1, 0.15) is 0 Å². The average Bonchev–Trinajstić information content (AvgIpc) is 2.04. The summed E-state index contributed by atoms with van der Waals surface area (Å²) >= 11 is 0. The topological polar surface area (TPSA) is 0 Å². The first-order valence-electron chi connectivity index (χ1n) is 3.63. The maximum absolute atomic E-state index is 12.1. The molecule has 1 rings (SSSR count). The summed E-state index contributed by atoms with van der Waals surface area (Å²) in [4.78, 5) is 0. The summed E-state index contributed by atoms with van der Waals surface area (Å²) in [5, 5.41) is 0. The van der Waals surface area contributed by atoms with E-state index in [9.17, 15) is 13.2 Å². The predicted molar refractivity (Wildman–Crippen MR) is 44.0 cm³/mol. The molecule has 0 saturated heterocycles. The lowest BCUT2D eigenvalue weighted by atomic mass is 10.1. The van der Waals surface area contributed by atoms with Crippen molar-refractivity contribution in [3.05, 3.63) is 35.4 Å². The zero-order chi connectivity index (χ0) is 9.90. The van der Waals surface area contributed by atoms with E-state index in [-0.39, 0.29) is 0 Å². The molecule has 0 radical (unpaired) electrons. The Hall–Kier alpha value is -1.43. The highest BCUT2D eigenvalue weighted by Gasteiger charge is 2.29. The van der Waals surface area contributed by atoms with Crippen LogP contribution in [0.1, 0.15) is 11.1 Å². The molecule has 0 aliphatic carbocycles. The summed E-state index contributed by atoms with van der Waals surface area (Å²) in [7, 11) is 0. The Balaban J connectivity index is 2.89. The number of alkyl halides is 3. The monoisotopic (exact) mass is 184 g/mol. The maximum Gasteiger partial charge on any atom is 0.416 e. The van der Waals surface area contributed by atoms with Crippen LogP contribution in [0.2, 0.25) is 0 Å². The summed E-state index contributed by atoms with van der Waals surface area (Å²) in [5.74, 6) is 2.36. The number of terminal acetylenes is 1. The Morgan fingerprint density at radius 2 is 1.69 bits per heavy atom. The molecule has 0 aliphatic heterocycles. The average molecular weight is 184 g/mol. The van der Waals surface area contributed by atoms with E-state index in [0.29, 0.717) is 6.42 Å². The molecule has 0 aromatic heterocycles. The van der Waals surface area contributed by atoms with Crippen LogP contribution >= 0.6 is 0 Å². The number of hydrogen-bond donors (Lipinski definition) is 0. The van der Waals surface area contributed by atoms with Gasteiger partial charge >= 0.3 is 6.18 Å². The molecule has 0 bridgehead atoms. The molecule has 0 spiro atoms. The predicted octanol–water partition coefficient (Wildman–Crippen LogP) is 2.88. The molecule has 0 amide bonds. The van der Waals surface area contributed by atoms with Crippen LogP contribution in [0.4, 0.5) is 13.2 Å². The van der Waals surface area contributed by atoms with Gasteiger partial charge in [0.15, 0.2) is 0 Å². The van der Waals surface area contributed by atoms with Gasteiger partial charge in [-0.3, -0.25) is 0 Å². The van der Waals surface area contributed by atoms with E-state index in [1.807, 2.05) is 0 Å². The standard InChI is InChI=1S/C10H7F3/c1-2-3-8-4-6-9(7-5-8)10(11,12)13/h1,4-7H,3H2. The van der Waals surface area contributed by atoms with E-state index in [1.54, 1.807) is 0 Å². The maximum atomic E-state index is 12.1. The number of benzene rings is 1. The van der Waals surface area contributed by atoms with Crippen molar-refractivity contribution in [2.45, 2.75) is 12.6 Å². The minimum atomic E-state index is -4.27. The highest BCUT2D eigenvalue weighted by Crippen LogP contribution is 2.28. The molecule has 0 nitrogen and oxygen atoms in total. The zero-order valence-corrected chi connectivity index (χ0v) is 6.73. The highest BCUT2D eigenvalue weighted by atomic mass is 19.4. The summed E-state index contributed by atoms with van der Waals surface area (Å²) in [6, 6.07) is 4.85. The van der Waals surface area contributed by atoms with Crippen molar-refractivity contribution in [2.75, 3.05) is 0 Å². The molecule has 3 heteroatoms. The molecule has 0 fully saturated rings. The van der Waals surface area contributed by atoms with Crippen LogP contribution in [-0.2, 0) is 12.6 Å². The second-order valence-corrected chi connectivity index (χ2v) is 2.58. The lowest BCUT2D eigenvalue weighted by Crippen LogP contribution is -2.04. The van der Waals surface area contributed by atoms with Gasteiger partial charge in [0.2, 0.25) is 0 Å². The van der Waals surface area contributed by atoms with Crippen LogP contribution in [0.15, 0.2) is 24.3 Å². The number of rotatable bonds is 1. The lowest BCUT2D eigenvalue weighted by molar-refractivity contribution is -0.137. The van der Waals surface area contributed by atoms with E-state index in [2.05, 4.69) is 5.92 Å². The quantitative estimate of drug-likeness (QED) is 0.588. The van der Waals surface area contributed by atoms with Gasteiger partial charge in [-0.05, 0) is 17.7 Å². The van der Waals surface area contributed by atoms with Crippen molar-refractivity contribution >= 4 is 0 Å². The molecule has 1 aromatic carbocycles. The first-order chi connectivity index (χ1) is 6.04. The lowest BCUT2D eigenvalue weighted by Gasteiger charge is -2.06. The Kier molecular flexibility index (Phi) is 2.62. The Labute approximate surface area is 74.4 Å². The van der Waals surface area contributed by atoms with Crippen molar-refractivity contribution in [1.29, 1.82) is 0 Å². The largest absolute Gasteiger partial charge is 0.416 e. The van der Waals surface area contributed by atoms with Crippen molar-refractivity contribution in [3.8, 4) is 12.3 Å². The van der Waals surface area contributed by atoms with Gasteiger partial charge in [0.25, 0.3) is 0 Å². The van der Waals surface area contributed by atoms with E-state index in [1.165, 1.54) is 12.1 Å². The summed E-state index contributed by atoms with van der Waals surface area (Å²) in [6.45, 7) is 0. The van der Waals surface area contributed by atoms with E-state index < -0.39 is 11.7 Å². The highest BCUT2D eigenvalue weighted by molar-refractivity contribution is 5.26. The second-order valence-electron chi connectivity index (χ2n) is 2.58. The molecular formula is C10H7F3. The third-order valence-corrected chi connectivity index (χ3v) is 1.59. The Bertz CT molecular complexity index is 314. The molecule has 0 heterocycles. The third kappa shape index (κ3) is 2.51. The van der Waals surface area contributed by atoms with E-state index in [0.717, 1.165) is 17.7 Å². The SMILES string of the molecule is C#CCc1ccc(C(F)(F)F)cc1. The van der Waals surface area contributed by atoms with Gasteiger partial charge in [0, 0.05) is 6.42 Å². The van der Waals surface area contributed by atoms with Gasteiger partial charge in [-0.1, -0.05) is 12.1 Å². The van der Waals surface area contributed by atoms with Crippen molar-refractivity contribution in [1.82, 2.24) is 0 Å². The van der Waals surface area contributed by atoms with Gasteiger partial charge in [-0.2, -0.15) is 13.2 Å². The van der Waals surface area contributed by atoms with Gasteiger partial charge in [0.05, 0.1) is 5.56 Å². The van der Waals surface area contributed by atoms with Crippen LogP contribution in [0, 0.1) is 12.3 Å². The van der Waals surface area contributed by atoms with Gasteiger partial charge in [-0.15, -0.1) is 12.3 Å². The molecule has 1 aromatic rings. The molecule has 68 valence electrons. The summed E-state index contributed by atoms with van der Waals surface area (Å²) in [5.41, 5.74) is 0.0729. The molecular weight excluding hydrogens is 177 g/mol. The fourth-order valence-corrected chi connectivity index (χ4v) is 0.929. The fraction of sp³-hybridized carbons (Fsp3) is 0.200. The number of halogens is 3. The molecule has 0 unspecified atom stereocenters. The van der Waals surface area contributed by atoms with Gasteiger partial charge in [-0.25, -0.2) is 0 Å². The van der Waals surface area contributed by atoms with Crippen LogP contribution in [0.5, 0.6) is 0 Å². The minimum absolute atomic E-state index is 0.359. The van der Waals surface area contributed by atoms with Crippen LogP contribution in [0.3, 0.4) is 0 Å². The number of hydrogen-bond acceptors (Lipinski definition) is 0.